The standard InChI is InChI=1S/C20H21N7O2/c1-29-20(28)26-8-5-12(11-26)9-16-24-17-14-4-3-13(27-7-2-6-22-27)10-15(14)23-19(21)18(17)25-16/h2-4,6-7,10,12H,5,8-9,11H2,1H3,(H2,21,23)(H,24,25). The van der Waals surface area contributed by atoms with Crippen LogP contribution in [0.5, 0.6) is 0 Å². The predicted molar refractivity (Wildman–Crippen MR) is 109 cm³/mol. The summed E-state index contributed by atoms with van der Waals surface area (Å²) >= 11 is 0. The summed E-state index contributed by atoms with van der Waals surface area (Å²) in [6.45, 7) is 1.38. The summed E-state index contributed by atoms with van der Waals surface area (Å²) in [5, 5.41) is 5.23. The van der Waals surface area contributed by atoms with Crippen molar-refractivity contribution in [3.63, 3.8) is 0 Å². The predicted octanol–water partition coefficient (Wildman–Crippen LogP) is 2.51. The van der Waals surface area contributed by atoms with Gasteiger partial charge in [0.15, 0.2) is 5.82 Å². The normalized spacial score (nSPS) is 16.7. The number of ether oxygens (including phenoxy) is 1. The number of likely N-dealkylation sites (tertiary alicyclic amines) is 1. The maximum absolute atomic E-state index is 11.7. The Kier molecular flexibility index (Phi) is 4.08. The van der Waals surface area contributed by atoms with E-state index in [1.807, 2.05) is 30.5 Å². The maximum Gasteiger partial charge on any atom is 0.409 e. The average Bonchev–Trinajstić information content (AvgIpc) is 3.48. The zero-order chi connectivity index (χ0) is 20.0. The highest BCUT2D eigenvalue weighted by molar-refractivity contribution is 6.06. The molecule has 1 atom stereocenters. The fraction of sp³-hybridized carbons (Fsp3) is 0.300. The zero-order valence-corrected chi connectivity index (χ0v) is 16.0. The number of methoxy groups -OCH3 is 1. The van der Waals surface area contributed by atoms with Gasteiger partial charge in [0.2, 0.25) is 0 Å². The first-order valence-corrected chi connectivity index (χ1v) is 9.53. The monoisotopic (exact) mass is 391 g/mol. The molecule has 4 heterocycles. The van der Waals surface area contributed by atoms with Gasteiger partial charge in [-0.15, -0.1) is 0 Å². The van der Waals surface area contributed by atoms with Crippen molar-refractivity contribution in [1.29, 1.82) is 0 Å². The number of anilines is 1. The molecule has 1 saturated heterocycles. The summed E-state index contributed by atoms with van der Waals surface area (Å²) in [5.74, 6) is 1.59. The molecular formula is C20H21N7O2. The van der Waals surface area contributed by atoms with Crippen LogP contribution in [0, 0.1) is 5.92 Å². The molecule has 1 aromatic carbocycles. The number of rotatable bonds is 3. The van der Waals surface area contributed by atoms with E-state index in [9.17, 15) is 4.79 Å². The number of imidazole rings is 1. The van der Waals surface area contributed by atoms with Crippen molar-refractivity contribution >= 4 is 33.8 Å². The van der Waals surface area contributed by atoms with Gasteiger partial charge in [-0.25, -0.2) is 19.4 Å². The van der Waals surface area contributed by atoms with Crippen molar-refractivity contribution in [3.05, 3.63) is 42.5 Å². The van der Waals surface area contributed by atoms with Crippen LogP contribution in [0.4, 0.5) is 10.6 Å². The van der Waals surface area contributed by atoms with Crippen molar-refractivity contribution in [2.45, 2.75) is 12.8 Å². The van der Waals surface area contributed by atoms with Crippen molar-refractivity contribution in [2.75, 3.05) is 25.9 Å². The molecule has 0 radical (unpaired) electrons. The van der Waals surface area contributed by atoms with Crippen LogP contribution in [0.15, 0.2) is 36.7 Å². The molecule has 3 aromatic heterocycles. The van der Waals surface area contributed by atoms with Gasteiger partial charge < -0.3 is 20.4 Å². The van der Waals surface area contributed by atoms with E-state index in [0.29, 0.717) is 30.3 Å². The minimum atomic E-state index is -0.274. The summed E-state index contributed by atoms with van der Waals surface area (Å²) in [6, 6.07) is 7.85. The first-order valence-electron chi connectivity index (χ1n) is 9.53. The van der Waals surface area contributed by atoms with Gasteiger partial charge in [0.1, 0.15) is 11.3 Å². The van der Waals surface area contributed by atoms with E-state index in [4.69, 9.17) is 15.5 Å². The second-order valence-electron chi connectivity index (χ2n) is 7.33. The van der Waals surface area contributed by atoms with Gasteiger partial charge in [-0.1, -0.05) is 0 Å². The van der Waals surface area contributed by atoms with Crippen LogP contribution in [-0.4, -0.2) is 55.9 Å². The van der Waals surface area contributed by atoms with E-state index in [2.05, 4.69) is 15.1 Å². The molecule has 9 nitrogen and oxygen atoms in total. The van der Waals surface area contributed by atoms with Crippen LogP contribution in [0.3, 0.4) is 0 Å². The van der Waals surface area contributed by atoms with E-state index in [1.54, 1.807) is 15.8 Å². The molecule has 0 saturated carbocycles. The molecule has 1 amide bonds. The molecule has 5 rings (SSSR count). The number of carbonyl (C=O) groups is 1. The quantitative estimate of drug-likeness (QED) is 0.554. The number of nitrogens with zero attached hydrogens (tertiary/aromatic N) is 5. The average molecular weight is 391 g/mol. The number of aromatic nitrogens is 5. The number of nitrogens with one attached hydrogen (secondary N) is 1. The Labute approximate surface area is 166 Å². The highest BCUT2D eigenvalue weighted by atomic mass is 16.5. The maximum atomic E-state index is 11.7. The second-order valence-corrected chi connectivity index (χ2v) is 7.33. The van der Waals surface area contributed by atoms with Crippen LogP contribution < -0.4 is 5.73 Å². The molecule has 0 bridgehead atoms. The molecule has 0 spiro atoms. The molecule has 4 aromatic rings. The number of benzene rings is 1. The lowest BCUT2D eigenvalue weighted by Gasteiger charge is -2.13. The third-order valence-electron chi connectivity index (χ3n) is 5.46. The Morgan fingerprint density at radius 3 is 3.07 bits per heavy atom. The molecule has 29 heavy (non-hydrogen) atoms. The van der Waals surface area contributed by atoms with Crippen LogP contribution in [0.1, 0.15) is 12.2 Å². The van der Waals surface area contributed by atoms with Crippen LogP contribution in [-0.2, 0) is 11.2 Å². The number of H-pyrrole nitrogens is 1. The van der Waals surface area contributed by atoms with Crippen LogP contribution in [0.2, 0.25) is 0 Å². The summed E-state index contributed by atoms with van der Waals surface area (Å²) in [7, 11) is 1.41. The van der Waals surface area contributed by atoms with Gasteiger partial charge in [-0.05, 0) is 36.6 Å². The van der Waals surface area contributed by atoms with E-state index in [1.165, 1.54) is 7.11 Å². The summed E-state index contributed by atoms with van der Waals surface area (Å²) in [4.78, 5) is 26.1. The number of hydrogen-bond acceptors (Lipinski definition) is 6. The number of fused-ring (bicyclic) bond motifs is 3. The molecule has 9 heteroatoms. The minimum absolute atomic E-state index is 0.274. The summed E-state index contributed by atoms with van der Waals surface area (Å²) in [6.07, 6.45) is 5.02. The third-order valence-corrected chi connectivity index (χ3v) is 5.46. The molecular weight excluding hydrogens is 370 g/mol. The fourth-order valence-corrected chi connectivity index (χ4v) is 4.04. The first kappa shape index (κ1) is 17.5. The first-order chi connectivity index (χ1) is 14.1. The number of nitrogens with two attached hydrogens (primary N) is 1. The Morgan fingerprint density at radius 1 is 1.38 bits per heavy atom. The van der Waals surface area contributed by atoms with Crippen molar-refractivity contribution in [1.82, 2.24) is 29.6 Å². The molecule has 1 aliphatic heterocycles. The molecule has 3 N–H and O–H groups in total. The van der Waals surface area contributed by atoms with E-state index >= 15 is 0 Å². The van der Waals surface area contributed by atoms with Crippen molar-refractivity contribution in [2.24, 2.45) is 5.92 Å². The smallest absolute Gasteiger partial charge is 0.409 e. The number of nitrogen functional groups attached to an aromatic ring is 1. The van der Waals surface area contributed by atoms with E-state index in [0.717, 1.165) is 40.8 Å². The Balaban J connectivity index is 1.47. The number of hydrogen-bond donors (Lipinski definition) is 2. The topological polar surface area (TPSA) is 115 Å². The lowest BCUT2D eigenvalue weighted by atomic mass is 10.1. The molecule has 1 aliphatic rings. The van der Waals surface area contributed by atoms with Crippen molar-refractivity contribution < 1.29 is 9.53 Å². The van der Waals surface area contributed by atoms with Gasteiger partial charge in [0.25, 0.3) is 0 Å². The number of aromatic amines is 1. The molecule has 0 aliphatic carbocycles. The summed E-state index contributed by atoms with van der Waals surface area (Å²) in [5.41, 5.74) is 9.48. The van der Waals surface area contributed by atoms with E-state index in [-0.39, 0.29) is 6.09 Å². The highest BCUT2D eigenvalue weighted by Gasteiger charge is 2.27. The SMILES string of the molecule is COC(=O)N1CCC(Cc2nc3c(N)nc4cc(-n5cccn5)ccc4c3[nH]2)C1. The fourth-order valence-electron chi connectivity index (χ4n) is 4.04. The van der Waals surface area contributed by atoms with Gasteiger partial charge in [-0.2, -0.15) is 5.10 Å². The number of pyridine rings is 1. The van der Waals surface area contributed by atoms with Gasteiger partial charge in [0, 0.05) is 37.3 Å². The van der Waals surface area contributed by atoms with Crippen LogP contribution >= 0.6 is 0 Å². The Hall–Kier alpha value is -3.62. The van der Waals surface area contributed by atoms with Crippen LogP contribution in [0.25, 0.3) is 27.6 Å². The highest BCUT2D eigenvalue weighted by Crippen LogP contribution is 2.29. The van der Waals surface area contributed by atoms with Gasteiger partial charge in [-0.3, -0.25) is 0 Å². The number of carbonyl (C=O) groups excluding carboxylic acids is 1. The molecule has 148 valence electrons. The van der Waals surface area contributed by atoms with E-state index < -0.39 is 0 Å². The molecule has 1 unspecified atom stereocenters. The minimum Gasteiger partial charge on any atom is -0.453 e. The lowest BCUT2D eigenvalue weighted by molar-refractivity contribution is 0.131. The molecule has 1 fully saturated rings. The van der Waals surface area contributed by atoms with Gasteiger partial charge >= 0.3 is 6.09 Å². The second kappa shape index (κ2) is 6.77. The Morgan fingerprint density at radius 2 is 2.28 bits per heavy atom. The Bertz CT molecular complexity index is 1200. The largest absolute Gasteiger partial charge is 0.453 e. The number of amides is 1. The summed E-state index contributed by atoms with van der Waals surface area (Å²) < 4.78 is 6.60. The zero-order valence-electron chi connectivity index (χ0n) is 16.0. The van der Waals surface area contributed by atoms with Gasteiger partial charge in [0.05, 0.1) is 23.8 Å². The van der Waals surface area contributed by atoms with Crippen molar-refractivity contribution in [3.8, 4) is 5.69 Å². The lowest BCUT2D eigenvalue weighted by Crippen LogP contribution is -2.28. The third kappa shape index (κ3) is 3.04.